The van der Waals surface area contributed by atoms with Crippen molar-refractivity contribution in [3.8, 4) is 0 Å². The van der Waals surface area contributed by atoms with E-state index in [0.29, 0.717) is 18.5 Å². The molecule has 2 aliphatic heterocycles. The third-order valence-corrected chi connectivity index (χ3v) is 5.53. The Hall–Kier alpha value is -1.88. The van der Waals surface area contributed by atoms with Gasteiger partial charge in [0, 0.05) is 57.3 Å². The van der Waals surface area contributed by atoms with E-state index in [2.05, 4.69) is 25.7 Å². The van der Waals surface area contributed by atoms with Gasteiger partial charge in [-0.15, -0.1) is 0 Å². The van der Waals surface area contributed by atoms with Crippen molar-refractivity contribution in [1.82, 2.24) is 14.7 Å². The van der Waals surface area contributed by atoms with Crippen molar-refractivity contribution < 1.29 is 9.59 Å². The summed E-state index contributed by atoms with van der Waals surface area (Å²) < 4.78 is 0. The number of rotatable bonds is 3. The number of hydrogen-bond acceptors (Lipinski definition) is 3. The summed E-state index contributed by atoms with van der Waals surface area (Å²) in [7, 11) is 0. The van der Waals surface area contributed by atoms with Gasteiger partial charge in [0.1, 0.15) is 0 Å². The molecule has 1 aromatic rings. The van der Waals surface area contributed by atoms with Crippen molar-refractivity contribution in [3.63, 3.8) is 0 Å². The molecule has 0 aliphatic carbocycles. The van der Waals surface area contributed by atoms with E-state index in [0.717, 1.165) is 51.1 Å². The van der Waals surface area contributed by atoms with E-state index in [-0.39, 0.29) is 17.7 Å². The standard InChI is InChI=1S/C22H33N3O2/c1-22(2,3)17-23-13-15-25(16-14-23)21(27)19-9-11-24(12-10-19)20(26)18-7-5-4-6-8-18/h4-8,19H,9-17H2,1-3H3. The second-order valence-electron chi connectivity index (χ2n) is 9.09. The van der Waals surface area contributed by atoms with Crippen molar-refractivity contribution in [2.24, 2.45) is 11.3 Å². The highest BCUT2D eigenvalue weighted by molar-refractivity contribution is 5.94. The molecular formula is C22H33N3O2. The minimum absolute atomic E-state index is 0.0685. The maximum atomic E-state index is 12.9. The van der Waals surface area contributed by atoms with Gasteiger partial charge < -0.3 is 9.80 Å². The number of carbonyl (C=O) groups is 2. The van der Waals surface area contributed by atoms with Gasteiger partial charge >= 0.3 is 0 Å². The minimum Gasteiger partial charge on any atom is -0.340 e. The fourth-order valence-electron chi connectivity index (χ4n) is 4.15. The molecule has 5 nitrogen and oxygen atoms in total. The second kappa shape index (κ2) is 8.42. The molecule has 0 N–H and O–H groups in total. The molecule has 27 heavy (non-hydrogen) atoms. The van der Waals surface area contributed by atoms with Crippen molar-refractivity contribution in [2.45, 2.75) is 33.6 Å². The van der Waals surface area contributed by atoms with Gasteiger partial charge in [-0.25, -0.2) is 0 Å². The molecule has 3 rings (SSSR count). The molecule has 0 spiro atoms. The summed E-state index contributed by atoms with van der Waals surface area (Å²) in [6, 6.07) is 9.42. The lowest BCUT2D eigenvalue weighted by atomic mass is 9.94. The van der Waals surface area contributed by atoms with Crippen LogP contribution in [0.3, 0.4) is 0 Å². The smallest absolute Gasteiger partial charge is 0.253 e. The summed E-state index contributed by atoms with van der Waals surface area (Å²) in [5.74, 6) is 0.438. The molecule has 0 saturated carbocycles. The molecule has 0 bridgehead atoms. The molecule has 1 aromatic carbocycles. The zero-order chi connectivity index (χ0) is 19.4. The van der Waals surface area contributed by atoms with Gasteiger partial charge in [0.05, 0.1) is 0 Å². The first-order valence-corrected chi connectivity index (χ1v) is 10.2. The van der Waals surface area contributed by atoms with E-state index in [1.807, 2.05) is 40.1 Å². The van der Waals surface area contributed by atoms with Gasteiger partial charge in [-0.2, -0.15) is 0 Å². The molecule has 0 atom stereocenters. The van der Waals surface area contributed by atoms with Crippen LogP contribution >= 0.6 is 0 Å². The van der Waals surface area contributed by atoms with E-state index in [4.69, 9.17) is 0 Å². The Morgan fingerprint density at radius 1 is 0.889 bits per heavy atom. The zero-order valence-corrected chi connectivity index (χ0v) is 17.0. The van der Waals surface area contributed by atoms with Crippen LogP contribution in [0.15, 0.2) is 30.3 Å². The van der Waals surface area contributed by atoms with Gasteiger partial charge in [0.2, 0.25) is 5.91 Å². The van der Waals surface area contributed by atoms with Crippen LogP contribution in [0.2, 0.25) is 0 Å². The van der Waals surface area contributed by atoms with Crippen LogP contribution in [0.4, 0.5) is 0 Å². The Morgan fingerprint density at radius 2 is 1.48 bits per heavy atom. The highest BCUT2D eigenvalue weighted by atomic mass is 16.2. The average Bonchev–Trinajstić information content (AvgIpc) is 2.67. The summed E-state index contributed by atoms with van der Waals surface area (Å²) in [5.41, 5.74) is 1.03. The number of benzene rings is 1. The lowest BCUT2D eigenvalue weighted by molar-refractivity contribution is -0.138. The molecular weight excluding hydrogens is 338 g/mol. The summed E-state index contributed by atoms with van der Waals surface area (Å²) in [6.07, 6.45) is 1.55. The summed E-state index contributed by atoms with van der Waals surface area (Å²) in [4.78, 5) is 31.8. The first kappa shape index (κ1) is 19.9. The monoisotopic (exact) mass is 371 g/mol. The predicted molar refractivity (Wildman–Crippen MR) is 108 cm³/mol. The number of carbonyl (C=O) groups excluding carboxylic acids is 2. The molecule has 2 heterocycles. The van der Waals surface area contributed by atoms with E-state index < -0.39 is 0 Å². The molecule has 5 heteroatoms. The van der Waals surface area contributed by atoms with Gasteiger partial charge in [0.15, 0.2) is 0 Å². The van der Waals surface area contributed by atoms with Crippen LogP contribution in [0.5, 0.6) is 0 Å². The number of likely N-dealkylation sites (tertiary alicyclic amines) is 1. The predicted octanol–water partition coefficient (Wildman–Crippen LogP) is 2.73. The number of piperidine rings is 1. The molecule has 2 aliphatic rings. The maximum absolute atomic E-state index is 12.9. The van der Waals surface area contributed by atoms with Gasteiger partial charge in [0.25, 0.3) is 5.91 Å². The first-order valence-electron chi connectivity index (χ1n) is 10.2. The average molecular weight is 372 g/mol. The molecule has 0 unspecified atom stereocenters. The Labute approximate surface area is 163 Å². The van der Waals surface area contributed by atoms with Crippen LogP contribution in [0.25, 0.3) is 0 Å². The van der Waals surface area contributed by atoms with Crippen molar-refractivity contribution >= 4 is 11.8 Å². The Kier molecular flexibility index (Phi) is 6.20. The Balaban J connectivity index is 1.46. The van der Waals surface area contributed by atoms with Gasteiger partial charge in [-0.1, -0.05) is 39.0 Å². The third-order valence-electron chi connectivity index (χ3n) is 5.53. The maximum Gasteiger partial charge on any atom is 0.253 e. The SMILES string of the molecule is CC(C)(C)CN1CCN(C(=O)C2CCN(C(=O)c3ccccc3)CC2)CC1. The molecule has 2 saturated heterocycles. The van der Waals surface area contributed by atoms with Gasteiger partial charge in [-0.05, 0) is 30.4 Å². The molecule has 2 fully saturated rings. The number of hydrogen-bond donors (Lipinski definition) is 0. The van der Waals surface area contributed by atoms with E-state index in [1.54, 1.807) is 0 Å². The highest BCUT2D eigenvalue weighted by Gasteiger charge is 2.32. The van der Waals surface area contributed by atoms with Crippen LogP contribution in [-0.4, -0.2) is 72.3 Å². The highest BCUT2D eigenvalue weighted by Crippen LogP contribution is 2.23. The van der Waals surface area contributed by atoms with Crippen molar-refractivity contribution in [1.29, 1.82) is 0 Å². The second-order valence-corrected chi connectivity index (χ2v) is 9.09. The third kappa shape index (κ3) is 5.32. The van der Waals surface area contributed by atoms with Crippen LogP contribution in [-0.2, 0) is 4.79 Å². The lowest BCUT2D eigenvalue weighted by Crippen LogP contribution is -2.53. The topological polar surface area (TPSA) is 43.9 Å². The normalized spacial score (nSPS) is 20.0. The lowest BCUT2D eigenvalue weighted by Gasteiger charge is -2.40. The summed E-state index contributed by atoms with van der Waals surface area (Å²) >= 11 is 0. The first-order chi connectivity index (χ1) is 12.8. The van der Waals surface area contributed by atoms with E-state index in [9.17, 15) is 9.59 Å². The Bertz CT molecular complexity index is 637. The zero-order valence-electron chi connectivity index (χ0n) is 17.0. The molecule has 0 radical (unpaired) electrons. The van der Waals surface area contributed by atoms with Crippen molar-refractivity contribution in [2.75, 3.05) is 45.8 Å². The number of nitrogens with zero attached hydrogens (tertiary/aromatic N) is 3. The van der Waals surface area contributed by atoms with Crippen molar-refractivity contribution in [3.05, 3.63) is 35.9 Å². The molecule has 2 amide bonds. The van der Waals surface area contributed by atoms with E-state index >= 15 is 0 Å². The quantitative estimate of drug-likeness (QED) is 0.821. The van der Waals surface area contributed by atoms with Crippen LogP contribution in [0.1, 0.15) is 44.0 Å². The van der Waals surface area contributed by atoms with Crippen LogP contribution in [0, 0.1) is 11.3 Å². The molecule has 0 aromatic heterocycles. The number of piperazine rings is 1. The summed E-state index contributed by atoms with van der Waals surface area (Å²) in [5, 5.41) is 0. The fraction of sp³-hybridized carbons (Fsp3) is 0.636. The summed E-state index contributed by atoms with van der Waals surface area (Å²) in [6.45, 7) is 12.8. The van der Waals surface area contributed by atoms with Gasteiger partial charge in [-0.3, -0.25) is 14.5 Å². The minimum atomic E-state index is 0.0685. The van der Waals surface area contributed by atoms with E-state index in [1.165, 1.54) is 0 Å². The molecule has 148 valence electrons. The van der Waals surface area contributed by atoms with Crippen LogP contribution < -0.4 is 0 Å². The number of amides is 2. The Morgan fingerprint density at radius 3 is 2.04 bits per heavy atom. The largest absolute Gasteiger partial charge is 0.340 e. The fourth-order valence-corrected chi connectivity index (χ4v) is 4.15.